The molecular weight excluding hydrogens is 186 g/mol. The van der Waals surface area contributed by atoms with E-state index in [2.05, 4.69) is 11.9 Å². The smallest absolute Gasteiger partial charge is 0.0597 e. The fraction of sp³-hybridized carbons (Fsp3) is 1.00. The van der Waals surface area contributed by atoms with Gasteiger partial charge in [0.2, 0.25) is 0 Å². The summed E-state index contributed by atoms with van der Waals surface area (Å²) in [6, 6.07) is 0. The van der Waals surface area contributed by atoms with E-state index in [1.807, 2.05) is 0 Å². The van der Waals surface area contributed by atoms with Crippen LogP contribution in [-0.2, 0) is 0 Å². The molecule has 0 aromatic rings. The van der Waals surface area contributed by atoms with E-state index in [4.69, 9.17) is 0 Å². The highest BCUT2D eigenvalue weighted by molar-refractivity contribution is 4.82. The van der Waals surface area contributed by atoms with Crippen LogP contribution in [0.15, 0.2) is 0 Å². The highest BCUT2D eigenvalue weighted by Gasteiger charge is 2.30. The first-order valence-corrected chi connectivity index (χ1v) is 6.64. The lowest BCUT2D eigenvalue weighted by atomic mass is 9.77. The maximum Gasteiger partial charge on any atom is 0.0597 e. The van der Waals surface area contributed by atoms with Gasteiger partial charge in [-0.2, -0.15) is 0 Å². The van der Waals surface area contributed by atoms with Crippen molar-refractivity contribution in [3.05, 3.63) is 0 Å². The zero-order valence-electron chi connectivity index (χ0n) is 9.99. The minimum Gasteiger partial charge on any atom is -0.393 e. The SMILES string of the molecule is CN1CCC(C(O)C2CCCCC2)CC1. The molecule has 1 saturated heterocycles. The van der Waals surface area contributed by atoms with Gasteiger partial charge in [-0.05, 0) is 57.7 Å². The molecule has 0 aromatic carbocycles. The number of rotatable bonds is 2. The van der Waals surface area contributed by atoms with E-state index in [9.17, 15) is 5.11 Å². The topological polar surface area (TPSA) is 23.5 Å². The standard InChI is InChI=1S/C13H25NO/c1-14-9-7-12(8-10-14)13(15)11-5-3-2-4-6-11/h11-13,15H,2-10H2,1H3. The van der Waals surface area contributed by atoms with Crippen LogP contribution in [0.1, 0.15) is 44.9 Å². The lowest BCUT2D eigenvalue weighted by Gasteiger charge is -2.36. The highest BCUT2D eigenvalue weighted by Crippen LogP contribution is 2.32. The summed E-state index contributed by atoms with van der Waals surface area (Å²) >= 11 is 0. The maximum atomic E-state index is 10.4. The van der Waals surface area contributed by atoms with Crippen molar-refractivity contribution in [2.45, 2.75) is 51.0 Å². The summed E-state index contributed by atoms with van der Waals surface area (Å²) in [5, 5.41) is 10.4. The van der Waals surface area contributed by atoms with Gasteiger partial charge in [0.05, 0.1) is 6.10 Å². The van der Waals surface area contributed by atoms with E-state index in [-0.39, 0.29) is 6.10 Å². The van der Waals surface area contributed by atoms with Gasteiger partial charge in [-0.25, -0.2) is 0 Å². The Kier molecular flexibility index (Phi) is 4.04. The third-order valence-corrected chi connectivity index (χ3v) is 4.38. The second-order valence-electron chi connectivity index (χ2n) is 5.53. The van der Waals surface area contributed by atoms with E-state index in [1.54, 1.807) is 0 Å². The molecule has 0 radical (unpaired) electrons. The average Bonchev–Trinajstić information content (AvgIpc) is 2.30. The van der Waals surface area contributed by atoms with E-state index in [1.165, 1.54) is 58.0 Å². The lowest BCUT2D eigenvalue weighted by molar-refractivity contribution is 0.00870. The summed E-state index contributed by atoms with van der Waals surface area (Å²) in [7, 11) is 2.18. The Balaban J connectivity index is 1.81. The van der Waals surface area contributed by atoms with Crippen LogP contribution in [0.5, 0.6) is 0 Å². The van der Waals surface area contributed by atoms with Crippen molar-refractivity contribution < 1.29 is 5.11 Å². The van der Waals surface area contributed by atoms with Gasteiger partial charge in [0.1, 0.15) is 0 Å². The fourth-order valence-electron chi connectivity index (χ4n) is 3.23. The van der Waals surface area contributed by atoms with Crippen LogP contribution in [0.25, 0.3) is 0 Å². The molecule has 1 atom stereocenters. The molecule has 1 saturated carbocycles. The summed E-state index contributed by atoms with van der Waals surface area (Å²) in [4.78, 5) is 2.38. The van der Waals surface area contributed by atoms with E-state index >= 15 is 0 Å². The number of aliphatic hydroxyl groups excluding tert-OH is 1. The van der Waals surface area contributed by atoms with Crippen molar-refractivity contribution in [1.29, 1.82) is 0 Å². The molecule has 2 heteroatoms. The van der Waals surface area contributed by atoms with Crippen LogP contribution >= 0.6 is 0 Å². The Hall–Kier alpha value is -0.0800. The van der Waals surface area contributed by atoms with Crippen molar-refractivity contribution in [2.75, 3.05) is 20.1 Å². The summed E-state index contributed by atoms with van der Waals surface area (Å²) in [6.07, 6.45) is 9.02. The Morgan fingerprint density at radius 1 is 0.933 bits per heavy atom. The largest absolute Gasteiger partial charge is 0.393 e. The molecule has 1 N–H and O–H groups in total. The van der Waals surface area contributed by atoms with Crippen LogP contribution in [0, 0.1) is 11.8 Å². The van der Waals surface area contributed by atoms with Gasteiger partial charge in [-0.3, -0.25) is 0 Å². The molecule has 0 spiro atoms. The van der Waals surface area contributed by atoms with Crippen molar-refractivity contribution in [1.82, 2.24) is 4.90 Å². The van der Waals surface area contributed by atoms with Gasteiger partial charge in [-0.15, -0.1) is 0 Å². The number of likely N-dealkylation sites (tertiary alicyclic amines) is 1. The zero-order valence-corrected chi connectivity index (χ0v) is 9.99. The van der Waals surface area contributed by atoms with Crippen LogP contribution in [-0.4, -0.2) is 36.2 Å². The Bertz CT molecular complexity index is 181. The monoisotopic (exact) mass is 211 g/mol. The normalized spacial score (nSPS) is 29.2. The third-order valence-electron chi connectivity index (χ3n) is 4.38. The van der Waals surface area contributed by atoms with E-state index < -0.39 is 0 Å². The van der Waals surface area contributed by atoms with Crippen molar-refractivity contribution in [3.63, 3.8) is 0 Å². The number of hydrogen-bond donors (Lipinski definition) is 1. The van der Waals surface area contributed by atoms with Crippen molar-refractivity contribution in [2.24, 2.45) is 11.8 Å². The Morgan fingerprint density at radius 3 is 2.07 bits per heavy atom. The van der Waals surface area contributed by atoms with Gasteiger partial charge in [0.25, 0.3) is 0 Å². The first-order chi connectivity index (χ1) is 7.27. The minimum atomic E-state index is -0.000926. The van der Waals surface area contributed by atoms with Crippen molar-refractivity contribution >= 4 is 0 Å². The molecule has 2 rings (SSSR count). The predicted molar refractivity (Wildman–Crippen MR) is 62.8 cm³/mol. The fourth-order valence-corrected chi connectivity index (χ4v) is 3.23. The summed E-state index contributed by atoms with van der Waals surface area (Å²) in [5.41, 5.74) is 0. The predicted octanol–water partition coefficient (Wildman–Crippen LogP) is 2.27. The molecule has 1 aliphatic heterocycles. The third kappa shape index (κ3) is 2.94. The lowest BCUT2D eigenvalue weighted by Crippen LogP contribution is -2.39. The molecule has 2 aliphatic rings. The highest BCUT2D eigenvalue weighted by atomic mass is 16.3. The minimum absolute atomic E-state index is 0.000926. The van der Waals surface area contributed by atoms with Gasteiger partial charge >= 0.3 is 0 Å². The molecule has 0 bridgehead atoms. The quantitative estimate of drug-likeness (QED) is 0.757. The summed E-state index contributed by atoms with van der Waals surface area (Å²) in [5.74, 6) is 1.21. The Morgan fingerprint density at radius 2 is 1.47 bits per heavy atom. The Labute approximate surface area is 93.7 Å². The van der Waals surface area contributed by atoms with E-state index in [0.717, 1.165) is 0 Å². The van der Waals surface area contributed by atoms with Gasteiger partial charge < -0.3 is 10.0 Å². The summed E-state index contributed by atoms with van der Waals surface area (Å²) < 4.78 is 0. The second-order valence-corrected chi connectivity index (χ2v) is 5.53. The first-order valence-electron chi connectivity index (χ1n) is 6.64. The van der Waals surface area contributed by atoms with Crippen molar-refractivity contribution in [3.8, 4) is 0 Å². The van der Waals surface area contributed by atoms with Crippen LogP contribution < -0.4 is 0 Å². The maximum absolute atomic E-state index is 10.4. The van der Waals surface area contributed by atoms with Gasteiger partial charge in [0.15, 0.2) is 0 Å². The molecule has 15 heavy (non-hydrogen) atoms. The average molecular weight is 211 g/mol. The molecule has 0 aromatic heterocycles. The molecule has 1 heterocycles. The summed E-state index contributed by atoms with van der Waals surface area (Å²) in [6.45, 7) is 2.35. The molecular formula is C13H25NO. The first kappa shape index (κ1) is 11.4. The van der Waals surface area contributed by atoms with E-state index in [0.29, 0.717) is 11.8 Å². The van der Waals surface area contributed by atoms with Crippen LogP contribution in [0.3, 0.4) is 0 Å². The van der Waals surface area contributed by atoms with Gasteiger partial charge in [0, 0.05) is 0 Å². The number of aliphatic hydroxyl groups is 1. The van der Waals surface area contributed by atoms with Crippen LogP contribution in [0.2, 0.25) is 0 Å². The molecule has 2 fully saturated rings. The molecule has 88 valence electrons. The van der Waals surface area contributed by atoms with Crippen LogP contribution in [0.4, 0.5) is 0 Å². The zero-order chi connectivity index (χ0) is 10.7. The number of hydrogen-bond acceptors (Lipinski definition) is 2. The molecule has 0 amide bonds. The molecule has 2 nitrogen and oxygen atoms in total. The second kappa shape index (κ2) is 5.31. The molecule has 1 unspecified atom stereocenters. The van der Waals surface area contributed by atoms with Gasteiger partial charge in [-0.1, -0.05) is 19.3 Å². The molecule has 1 aliphatic carbocycles. The number of piperidine rings is 1. The number of nitrogens with zero attached hydrogens (tertiary/aromatic N) is 1.